The Labute approximate surface area is 112 Å². The van der Waals surface area contributed by atoms with Crippen LogP contribution in [0.3, 0.4) is 0 Å². The second-order valence-corrected chi connectivity index (χ2v) is 6.51. The first kappa shape index (κ1) is 12.5. The number of thioether (sulfide) groups is 1. The van der Waals surface area contributed by atoms with Gasteiger partial charge in [-0.05, 0) is 25.2 Å². The molecule has 3 atom stereocenters. The van der Waals surface area contributed by atoms with E-state index in [1.165, 1.54) is 31.4 Å². The van der Waals surface area contributed by atoms with E-state index in [4.69, 9.17) is 4.52 Å². The molecular weight excluding hydrogens is 246 g/mol. The Morgan fingerprint density at radius 2 is 2.39 bits per heavy atom. The molecule has 2 heterocycles. The van der Waals surface area contributed by atoms with E-state index in [2.05, 4.69) is 22.4 Å². The largest absolute Gasteiger partial charge is 0.338 e. The minimum Gasteiger partial charge on any atom is -0.338 e. The van der Waals surface area contributed by atoms with Gasteiger partial charge >= 0.3 is 0 Å². The van der Waals surface area contributed by atoms with E-state index >= 15 is 0 Å². The molecule has 1 aromatic heterocycles. The van der Waals surface area contributed by atoms with E-state index in [1.807, 2.05) is 11.8 Å². The molecule has 18 heavy (non-hydrogen) atoms. The van der Waals surface area contributed by atoms with Crippen LogP contribution < -0.4 is 5.32 Å². The Balaban J connectivity index is 1.66. The predicted molar refractivity (Wildman–Crippen MR) is 72.7 cm³/mol. The van der Waals surface area contributed by atoms with Crippen LogP contribution in [0.15, 0.2) is 4.52 Å². The van der Waals surface area contributed by atoms with Crippen molar-refractivity contribution in [1.29, 1.82) is 0 Å². The molecule has 1 aliphatic heterocycles. The molecule has 3 rings (SSSR count). The van der Waals surface area contributed by atoms with Crippen molar-refractivity contribution in [3.63, 3.8) is 0 Å². The second-order valence-electron chi connectivity index (χ2n) is 5.36. The van der Waals surface area contributed by atoms with Gasteiger partial charge in [0, 0.05) is 24.0 Å². The zero-order valence-corrected chi connectivity index (χ0v) is 11.7. The maximum atomic E-state index is 5.45. The molecule has 5 heteroatoms. The highest BCUT2D eigenvalue weighted by atomic mass is 32.2. The fraction of sp³-hybridized carbons (Fsp3) is 0.846. The third-order valence-electron chi connectivity index (χ3n) is 4.16. The van der Waals surface area contributed by atoms with Crippen molar-refractivity contribution in [3.05, 3.63) is 11.7 Å². The van der Waals surface area contributed by atoms with Gasteiger partial charge in [-0.3, -0.25) is 0 Å². The van der Waals surface area contributed by atoms with Gasteiger partial charge < -0.3 is 9.84 Å². The zero-order chi connectivity index (χ0) is 12.4. The number of hydrogen-bond donors (Lipinski definition) is 1. The van der Waals surface area contributed by atoms with Crippen molar-refractivity contribution in [2.75, 3.05) is 18.1 Å². The molecule has 0 amide bonds. The van der Waals surface area contributed by atoms with Gasteiger partial charge in [0.1, 0.15) is 0 Å². The van der Waals surface area contributed by atoms with Gasteiger partial charge in [-0.15, -0.1) is 0 Å². The zero-order valence-electron chi connectivity index (χ0n) is 10.9. The highest BCUT2D eigenvalue weighted by Gasteiger charge is 2.29. The minimum absolute atomic E-state index is 0.258. The van der Waals surface area contributed by atoms with Gasteiger partial charge in [-0.2, -0.15) is 16.7 Å². The number of nitrogens with one attached hydrogen (secondary N) is 1. The van der Waals surface area contributed by atoms with Gasteiger partial charge in [0.2, 0.25) is 5.89 Å². The van der Waals surface area contributed by atoms with Crippen molar-refractivity contribution >= 4 is 11.8 Å². The molecule has 3 unspecified atom stereocenters. The summed E-state index contributed by atoms with van der Waals surface area (Å²) in [7, 11) is 0. The summed E-state index contributed by atoms with van der Waals surface area (Å²) in [5.41, 5.74) is 0. The Morgan fingerprint density at radius 1 is 1.44 bits per heavy atom. The molecule has 2 aliphatic rings. The van der Waals surface area contributed by atoms with Crippen molar-refractivity contribution in [2.45, 2.75) is 44.6 Å². The van der Waals surface area contributed by atoms with E-state index < -0.39 is 0 Å². The molecule has 0 spiro atoms. The molecule has 0 bridgehead atoms. The Hall–Kier alpha value is -0.550. The predicted octanol–water partition coefficient (Wildman–Crippen LogP) is 2.74. The molecule has 2 fully saturated rings. The van der Waals surface area contributed by atoms with Crippen LogP contribution >= 0.6 is 11.8 Å². The summed E-state index contributed by atoms with van der Waals surface area (Å²) in [5.74, 6) is 5.35. The third-order valence-corrected chi connectivity index (χ3v) is 5.22. The van der Waals surface area contributed by atoms with Crippen molar-refractivity contribution in [1.82, 2.24) is 15.5 Å². The Morgan fingerprint density at radius 3 is 3.11 bits per heavy atom. The first-order valence-electron chi connectivity index (χ1n) is 7.01. The topological polar surface area (TPSA) is 51.0 Å². The molecular formula is C13H21N3OS. The van der Waals surface area contributed by atoms with Gasteiger partial charge in [-0.1, -0.05) is 18.5 Å². The highest BCUT2D eigenvalue weighted by molar-refractivity contribution is 7.99. The number of rotatable bonds is 3. The SMILES string of the molecule is CCC1CCC(c2noc(C3CSCCN3)n2)C1. The van der Waals surface area contributed by atoms with Gasteiger partial charge in [0.25, 0.3) is 0 Å². The van der Waals surface area contributed by atoms with Gasteiger partial charge in [0.05, 0.1) is 6.04 Å². The van der Waals surface area contributed by atoms with Crippen LogP contribution in [-0.2, 0) is 0 Å². The summed E-state index contributed by atoms with van der Waals surface area (Å²) < 4.78 is 5.45. The average Bonchev–Trinajstić information content (AvgIpc) is 3.08. The first-order valence-corrected chi connectivity index (χ1v) is 8.17. The minimum atomic E-state index is 0.258. The number of nitrogens with zero attached hydrogens (tertiary/aromatic N) is 2. The lowest BCUT2D eigenvalue weighted by atomic mass is 10.0. The van der Waals surface area contributed by atoms with Crippen LogP contribution in [0.25, 0.3) is 0 Å². The van der Waals surface area contributed by atoms with Crippen LogP contribution in [0, 0.1) is 5.92 Å². The standard InChI is InChI=1S/C13H21N3OS/c1-2-9-3-4-10(7-9)12-15-13(17-16-12)11-8-18-6-5-14-11/h9-11,14H,2-8H2,1H3. The van der Waals surface area contributed by atoms with Crippen LogP contribution in [0.1, 0.15) is 56.3 Å². The van der Waals surface area contributed by atoms with E-state index in [0.717, 1.165) is 29.9 Å². The lowest BCUT2D eigenvalue weighted by Crippen LogP contribution is -2.30. The van der Waals surface area contributed by atoms with Crippen LogP contribution in [-0.4, -0.2) is 28.2 Å². The molecule has 1 aromatic rings. The van der Waals surface area contributed by atoms with E-state index in [-0.39, 0.29) is 6.04 Å². The Bertz CT molecular complexity index is 389. The maximum Gasteiger partial charge on any atom is 0.244 e. The highest BCUT2D eigenvalue weighted by Crippen LogP contribution is 2.38. The van der Waals surface area contributed by atoms with E-state index in [9.17, 15) is 0 Å². The van der Waals surface area contributed by atoms with Gasteiger partial charge in [0.15, 0.2) is 5.82 Å². The smallest absolute Gasteiger partial charge is 0.244 e. The molecule has 0 radical (unpaired) electrons. The summed E-state index contributed by atoms with van der Waals surface area (Å²) in [6.07, 6.45) is 5.07. The molecule has 1 saturated heterocycles. The summed E-state index contributed by atoms with van der Waals surface area (Å²) >= 11 is 1.95. The second kappa shape index (κ2) is 5.61. The summed E-state index contributed by atoms with van der Waals surface area (Å²) in [4.78, 5) is 4.63. The maximum absolute atomic E-state index is 5.45. The lowest BCUT2D eigenvalue weighted by molar-refractivity contribution is 0.336. The van der Waals surface area contributed by atoms with Crippen LogP contribution in [0.5, 0.6) is 0 Å². The number of hydrogen-bond acceptors (Lipinski definition) is 5. The Kier molecular flexibility index (Phi) is 3.89. The summed E-state index contributed by atoms with van der Waals surface area (Å²) in [6, 6.07) is 0.258. The monoisotopic (exact) mass is 267 g/mol. The fourth-order valence-corrected chi connectivity index (χ4v) is 3.88. The van der Waals surface area contributed by atoms with Crippen molar-refractivity contribution < 1.29 is 4.52 Å². The molecule has 1 aliphatic carbocycles. The summed E-state index contributed by atoms with van der Waals surface area (Å²) in [5, 5.41) is 7.65. The lowest BCUT2D eigenvalue weighted by Gasteiger charge is -2.19. The average molecular weight is 267 g/mol. The fourth-order valence-electron chi connectivity index (χ4n) is 2.96. The van der Waals surface area contributed by atoms with E-state index in [0.29, 0.717) is 5.92 Å². The van der Waals surface area contributed by atoms with Crippen molar-refractivity contribution in [2.24, 2.45) is 5.92 Å². The van der Waals surface area contributed by atoms with Crippen LogP contribution in [0.2, 0.25) is 0 Å². The molecule has 1 N–H and O–H groups in total. The molecule has 0 aromatic carbocycles. The normalized spacial score (nSPS) is 32.8. The van der Waals surface area contributed by atoms with E-state index in [1.54, 1.807) is 0 Å². The quantitative estimate of drug-likeness (QED) is 0.912. The van der Waals surface area contributed by atoms with Crippen molar-refractivity contribution in [3.8, 4) is 0 Å². The number of aromatic nitrogens is 2. The van der Waals surface area contributed by atoms with Gasteiger partial charge in [-0.25, -0.2) is 0 Å². The first-order chi connectivity index (χ1) is 8.86. The summed E-state index contributed by atoms with van der Waals surface area (Å²) in [6.45, 7) is 3.31. The van der Waals surface area contributed by atoms with Crippen LogP contribution in [0.4, 0.5) is 0 Å². The molecule has 4 nitrogen and oxygen atoms in total. The third kappa shape index (κ3) is 2.57. The molecule has 100 valence electrons. The molecule has 1 saturated carbocycles.